The Kier molecular flexibility index (Phi) is 4.64. The molecule has 0 saturated heterocycles. The van der Waals surface area contributed by atoms with Crippen molar-refractivity contribution in [2.24, 2.45) is 5.10 Å². The van der Waals surface area contributed by atoms with Crippen molar-refractivity contribution in [2.75, 3.05) is 5.75 Å². The van der Waals surface area contributed by atoms with Crippen molar-refractivity contribution in [3.8, 4) is 0 Å². The van der Waals surface area contributed by atoms with E-state index >= 15 is 0 Å². The summed E-state index contributed by atoms with van der Waals surface area (Å²) < 4.78 is 38.0. The predicted octanol–water partition coefficient (Wildman–Crippen LogP) is 3.89. The highest BCUT2D eigenvalue weighted by atomic mass is 79.9. The molecule has 2 heterocycles. The number of thioether (sulfide) groups is 1. The number of aromatic nitrogens is 3. The van der Waals surface area contributed by atoms with Gasteiger partial charge in [0, 0.05) is 10.8 Å². The Morgan fingerprint density at radius 1 is 1.19 bits per heavy atom. The third-order valence-electron chi connectivity index (χ3n) is 2.62. The summed E-state index contributed by atoms with van der Waals surface area (Å²) in [4.78, 5) is 0.918. The van der Waals surface area contributed by atoms with E-state index in [2.05, 4.69) is 15.4 Å². The largest absolute Gasteiger partial charge is 0.438 e. The molecule has 0 saturated carbocycles. The fourth-order valence-corrected chi connectivity index (χ4v) is 2.81. The van der Waals surface area contributed by atoms with Crippen LogP contribution in [-0.4, -0.2) is 26.6 Å². The van der Waals surface area contributed by atoms with Crippen molar-refractivity contribution in [1.82, 2.24) is 15.1 Å². The molecule has 1 aliphatic heterocycles. The Morgan fingerprint density at radius 2 is 1.86 bits per heavy atom. The Bertz CT molecular complexity index is 684. The molecule has 0 N–H and O–H groups in total. The smallest absolute Gasteiger partial charge is 0.164 e. The first-order valence-electron chi connectivity index (χ1n) is 5.44. The minimum Gasteiger partial charge on any atom is -0.164 e. The van der Waals surface area contributed by atoms with Gasteiger partial charge in [-0.1, -0.05) is 35.5 Å². The standard InChI is InChI=1S/C11H6ClF3N4S.BrH/c12-7-3-1-6(2-4-7)8-5-20-10-9(11(13,14)15)16-18-19(10)17-8;/h1-4H,5H2;1H. The quantitative estimate of drug-likeness (QED) is 0.731. The van der Waals surface area contributed by atoms with Gasteiger partial charge >= 0.3 is 6.18 Å². The van der Waals surface area contributed by atoms with Crippen molar-refractivity contribution in [1.29, 1.82) is 0 Å². The fraction of sp³-hybridized carbons (Fsp3) is 0.182. The van der Waals surface area contributed by atoms with Crippen LogP contribution in [0.15, 0.2) is 34.4 Å². The van der Waals surface area contributed by atoms with Crippen LogP contribution >= 0.6 is 40.3 Å². The van der Waals surface area contributed by atoms with Gasteiger partial charge in [0.2, 0.25) is 5.69 Å². The van der Waals surface area contributed by atoms with Gasteiger partial charge in [0.05, 0.1) is 5.71 Å². The molecule has 0 atom stereocenters. The van der Waals surface area contributed by atoms with E-state index in [-0.39, 0.29) is 22.0 Å². The number of fused-ring (bicyclic) bond motifs is 1. The third kappa shape index (κ3) is 3.24. The lowest BCUT2D eigenvalue weighted by Gasteiger charge is -2.13. The van der Waals surface area contributed by atoms with Crippen molar-refractivity contribution in [2.45, 2.75) is 11.2 Å². The maximum absolute atomic E-state index is 12.7. The zero-order valence-electron chi connectivity index (χ0n) is 10.1. The summed E-state index contributed by atoms with van der Waals surface area (Å²) in [5, 5.41) is 11.1. The van der Waals surface area contributed by atoms with Crippen LogP contribution in [0.1, 0.15) is 11.3 Å². The summed E-state index contributed by atoms with van der Waals surface area (Å²) >= 11 is 6.80. The third-order valence-corrected chi connectivity index (χ3v) is 3.92. The highest BCUT2D eigenvalue weighted by Gasteiger charge is 2.40. The molecule has 0 radical (unpaired) electrons. The molecule has 0 spiro atoms. The highest BCUT2D eigenvalue weighted by Crippen LogP contribution is 2.36. The molecule has 1 aromatic carbocycles. The van der Waals surface area contributed by atoms with Gasteiger partial charge in [-0.15, -0.1) is 26.9 Å². The van der Waals surface area contributed by atoms with E-state index in [0.717, 1.165) is 22.1 Å². The van der Waals surface area contributed by atoms with Gasteiger partial charge in [-0.2, -0.15) is 18.3 Å². The molecule has 3 rings (SSSR count). The van der Waals surface area contributed by atoms with Gasteiger partial charge in [-0.05, 0) is 22.9 Å². The van der Waals surface area contributed by atoms with Crippen LogP contribution < -0.4 is 0 Å². The molecule has 0 amide bonds. The molecule has 4 nitrogen and oxygen atoms in total. The molecular formula is C11H7BrClF3N4S. The van der Waals surface area contributed by atoms with E-state index in [1.165, 1.54) is 0 Å². The average Bonchev–Trinajstić information content (AvgIpc) is 2.82. The van der Waals surface area contributed by atoms with Crippen LogP contribution in [0, 0.1) is 0 Å². The second kappa shape index (κ2) is 5.98. The van der Waals surface area contributed by atoms with Gasteiger partial charge in [-0.3, -0.25) is 0 Å². The number of alkyl halides is 3. The van der Waals surface area contributed by atoms with Gasteiger partial charge < -0.3 is 0 Å². The molecule has 1 aliphatic rings. The molecule has 0 unspecified atom stereocenters. The molecular weight excluding hydrogens is 393 g/mol. The first-order valence-corrected chi connectivity index (χ1v) is 6.81. The number of rotatable bonds is 1. The zero-order valence-corrected chi connectivity index (χ0v) is 13.4. The monoisotopic (exact) mass is 398 g/mol. The van der Waals surface area contributed by atoms with E-state index in [0.29, 0.717) is 16.5 Å². The summed E-state index contributed by atoms with van der Waals surface area (Å²) in [5.74, 6) is 0.318. The maximum Gasteiger partial charge on any atom is 0.438 e. The lowest BCUT2D eigenvalue weighted by molar-refractivity contribution is -0.143. The first kappa shape index (κ1) is 16.3. The topological polar surface area (TPSA) is 43.1 Å². The van der Waals surface area contributed by atoms with Crippen LogP contribution in [0.4, 0.5) is 13.2 Å². The van der Waals surface area contributed by atoms with Crippen LogP contribution in [0.25, 0.3) is 0 Å². The number of benzene rings is 1. The van der Waals surface area contributed by atoms with Gasteiger partial charge in [-0.25, -0.2) is 0 Å². The molecule has 2 aromatic rings. The number of hydrogen-bond acceptors (Lipinski definition) is 4. The Morgan fingerprint density at radius 3 is 2.48 bits per heavy atom. The number of hydrogen-bond donors (Lipinski definition) is 0. The summed E-state index contributed by atoms with van der Waals surface area (Å²) in [7, 11) is 0. The van der Waals surface area contributed by atoms with Crippen LogP contribution in [0.3, 0.4) is 0 Å². The van der Waals surface area contributed by atoms with Gasteiger partial charge in [0.15, 0.2) is 5.03 Å². The van der Waals surface area contributed by atoms with Crippen molar-refractivity contribution >= 4 is 46.1 Å². The fourth-order valence-electron chi connectivity index (χ4n) is 1.70. The van der Waals surface area contributed by atoms with Gasteiger partial charge in [0.25, 0.3) is 0 Å². The molecule has 0 bridgehead atoms. The number of halogens is 5. The van der Waals surface area contributed by atoms with E-state index < -0.39 is 11.9 Å². The molecule has 1 aromatic heterocycles. The van der Waals surface area contributed by atoms with E-state index in [1.807, 2.05) is 0 Å². The lowest BCUT2D eigenvalue weighted by Crippen LogP contribution is -2.15. The zero-order chi connectivity index (χ0) is 14.3. The summed E-state index contributed by atoms with van der Waals surface area (Å²) in [6.07, 6.45) is -4.52. The van der Waals surface area contributed by atoms with E-state index in [4.69, 9.17) is 11.6 Å². The number of nitrogens with zero attached hydrogens (tertiary/aromatic N) is 4. The summed E-state index contributed by atoms with van der Waals surface area (Å²) in [5.41, 5.74) is 0.413. The maximum atomic E-state index is 12.7. The van der Waals surface area contributed by atoms with Crippen molar-refractivity contribution < 1.29 is 13.2 Å². The average molecular weight is 400 g/mol. The Hall–Kier alpha value is -1.06. The molecule has 0 aliphatic carbocycles. The molecule has 21 heavy (non-hydrogen) atoms. The predicted molar refractivity (Wildman–Crippen MR) is 79.5 cm³/mol. The molecule has 0 fully saturated rings. The normalized spacial score (nSPS) is 14.2. The van der Waals surface area contributed by atoms with Crippen LogP contribution in [0.2, 0.25) is 5.02 Å². The Labute approximate surface area is 137 Å². The van der Waals surface area contributed by atoms with Crippen molar-refractivity contribution in [3.63, 3.8) is 0 Å². The van der Waals surface area contributed by atoms with Gasteiger partial charge in [0.1, 0.15) is 0 Å². The second-order valence-electron chi connectivity index (χ2n) is 3.97. The van der Waals surface area contributed by atoms with E-state index in [1.54, 1.807) is 24.3 Å². The first-order chi connectivity index (χ1) is 9.45. The SMILES string of the molecule is Br.FC(F)(F)c1nnn2c1SCC(c1ccc(Cl)cc1)=N2. The second-order valence-corrected chi connectivity index (χ2v) is 5.37. The Balaban J connectivity index is 0.00000161. The minimum atomic E-state index is -4.52. The van der Waals surface area contributed by atoms with Crippen molar-refractivity contribution in [3.05, 3.63) is 40.5 Å². The van der Waals surface area contributed by atoms with Crippen LogP contribution in [-0.2, 0) is 6.18 Å². The summed E-state index contributed by atoms with van der Waals surface area (Å²) in [6.45, 7) is 0. The van der Waals surface area contributed by atoms with Crippen LogP contribution in [0.5, 0.6) is 0 Å². The minimum absolute atomic E-state index is 0. The highest BCUT2D eigenvalue weighted by molar-refractivity contribution is 8.93. The summed E-state index contributed by atoms with van der Waals surface area (Å²) in [6, 6.07) is 6.91. The lowest BCUT2D eigenvalue weighted by atomic mass is 10.1. The molecule has 112 valence electrons. The van der Waals surface area contributed by atoms with E-state index in [9.17, 15) is 13.2 Å². The molecule has 10 heteroatoms.